The van der Waals surface area contributed by atoms with Gasteiger partial charge in [0.1, 0.15) is 5.76 Å². The standard InChI is InChI=1S/C22H21ClN2O3/c1-4-22(27)25(3)18-9-10-19(20(23)12-18)15-5-7-16(8-6-15)21(26)11-17-13-24-28-14(17)2/h5-10,12-13H,4,11H2,1-3H3. The molecule has 0 N–H and O–H groups in total. The Morgan fingerprint density at radius 1 is 1.14 bits per heavy atom. The fourth-order valence-corrected chi connectivity index (χ4v) is 3.21. The number of amides is 1. The SMILES string of the molecule is CCC(=O)N(C)c1ccc(-c2ccc(C(=O)Cc3cnoc3C)cc2)c(Cl)c1. The van der Waals surface area contributed by atoms with Gasteiger partial charge in [-0.2, -0.15) is 0 Å². The number of hydrogen-bond donors (Lipinski definition) is 0. The summed E-state index contributed by atoms with van der Waals surface area (Å²) >= 11 is 6.45. The molecule has 1 aromatic heterocycles. The lowest BCUT2D eigenvalue weighted by molar-refractivity contribution is -0.118. The Labute approximate surface area is 168 Å². The zero-order chi connectivity index (χ0) is 20.3. The van der Waals surface area contributed by atoms with Crippen LogP contribution in [0.5, 0.6) is 0 Å². The molecule has 3 rings (SSSR count). The van der Waals surface area contributed by atoms with Crippen molar-refractivity contribution in [3.8, 4) is 11.1 Å². The fourth-order valence-electron chi connectivity index (χ4n) is 2.93. The van der Waals surface area contributed by atoms with Gasteiger partial charge in [0.15, 0.2) is 5.78 Å². The largest absolute Gasteiger partial charge is 0.361 e. The van der Waals surface area contributed by atoms with Gasteiger partial charge in [-0.1, -0.05) is 54.0 Å². The van der Waals surface area contributed by atoms with Crippen molar-refractivity contribution in [2.24, 2.45) is 0 Å². The Morgan fingerprint density at radius 3 is 2.43 bits per heavy atom. The second-order valence-corrected chi connectivity index (χ2v) is 6.96. The van der Waals surface area contributed by atoms with Crippen molar-refractivity contribution < 1.29 is 14.1 Å². The normalized spacial score (nSPS) is 10.7. The van der Waals surface area contributed by atoms with Crippen LogP contribution in [0.15, 0.2) is 53.2 Å². The van der Waals surface area contributed by atoms with E-state index in [-0.39, 0.29) is 18.1 Å². The lowest BCUT2D eigenvalue weighted by Crippen LogP contribution is -2.24. The number of carbonyl (C=O) groups excluding carboxylic acids is 2. The first-order valence-corrected chi connectivity index (χ1v) is 9.38. The van der Waals surface area contributed by atoms with E-state index in [1.54, 1.807) is 43.3 Å². The second-order valence-electron chi connectivity index (χ2n) is 6.55. The van der Waals surface area contributed by atoms with Crippen molar-refractivity contribution in [1.29, 1.82) is 0 Å². The fraction of sp³-hybridized carbons (Fsp3) is 0.227. The molecule has 28 heavy (non-hydrogen) atoms. The molecule has 0 unspecified atom stereocenters. The lowest BCUT2D eigenvalue weighted by atomic mass is 9.99. The smallest absolute Gasteiger partial charge is 0.226 e. The second kappa shape index (κ2) is 8.40. The van der Waals surface area contributed by atoms with Gasteiger partial charge in [0.05, 0.1) is 11.2 Å². The molecule has 1 amide bonds. The molecule has 1 heterocycles. The van der Waals surface area contributed by atoms with Crippen LogP contribution in [0.3, 0.4) is 0 Å². The van der Waals surface area contributed by atoms with Gasteiger partial charge < -0.3 is 9.42 Å². The number of anilines is 1. The molecule has 0 saturated heterocycles. The third kappa shape index (κ3) is 4.15. The van der Waals surface area contributed by atoms with E-state index in [9.17, 15) is 9.59 Å². The third-order valence-electron chi connectivity index (χ3n) is 4.74. The van der Waals surface area contributed by atoms with Gasteiger partial charge in [-0.3, -0.25) is 9.59 Å². The van der Waals surface area contributed by atoms with Crippen molar-refractivity contribution in [3.05, 3.63) is 70.6 Å². The first-order chi connectivity index (χ1) is 13.4. The summed E-state index contributed by atoms with van der Waals surface area (Å²) in [4.78, 5) is 25.9. The lowest BCUT2D eigenvalue weighted by Gasteiger charge is -2.17. The van der Waals surface area contributed by atoms with Crippen LogP contribution in [-0.2, 0) is 11.2 Å². The molecule has 0 bridgehead atoms. The van der Waals surface area contributed by atoms with Crippen LogP contribution >= 0.6 is 11.6 Å². The zero-order valence-corrected chi connectivity index (χ0v) is 16.8. The molecule has 0 saturated carbocycles. The van der Waals surface area contributed by atoms with Crippen LogP contribution in [0.1, 0.15) is 35.0 Å². The summed E-state index contributed by atoms with van der Waals surface area (Å²) in [6.45, 7) is 3.61. The van der Waals surface area contributed by atoms with Gasteiger partial charge in [-0.25, -0.2) is 0 Å². The molecule has 2 aromatic carbocycles. The van der Waals surface area contributed by atoms with Crippen LogP contribution in [-0.4, -0.2) is 23.9 Å². The van der Waals surface area contributed by atoms with Crippen LogP contribution in [0.2, 0.25) is 5.02 Å². The Balaban J connectivity index is 1.78. The average Bonchev–Trinajstić information content (AvgIpc) is 3.11. The number of halogens is 1. The number of ketones is 1. The van der Waals surface area contributed by atoms with E-state index >= 15 is 0 Å². The van der Waals surface area contributed by atoms with E-state index < -0.39 is 0 Å². The highest BCUT2D eigenvalue weighted by molar-refractivity contribution is 6.33. The van der Waals surface area contributed by atoms with Gasteiger partial charge in [-0.05, 0) is 24.6 Å². The quantitative estimate of drug-likeness (QED) is 0.543. The number of nitrogens with zero attached hydrogens (tertiary/aromatic N) is 2. The zero-order valence-electron chi connectivity index (χ0n) is 16.0. The minimum atomic E-state index is -0.000928. The van der Waals surface area contributed by atoms with Crippen LogP contribution in [0, 0.1) is 6.92 Å². The van der Waals surface area contributed by atoms with Crippen molar-refractivity contribution in [3.63, 3.8) is 0 Å². The van der Waals surface area contributed by atoms with Crippen molar-refractivity contribution in [2.45, 2.75) is 26.7 Å². The van der Waals surface area contributed by atoms with E-state index in [1.807, 2.05) is 31.2 Å². The predicted molar refractivity (Wildman–Crippen MR) is 110 cm³/mol. The first-order valence-electron chi connectivity index (χ1n) is 9.00. The molecule has 5 nitrogen and oxygen atoms in total. The Bertz CT molecular complexity index is 1010. The maximum atomic E-state index is 12.5. The highest BCUT2D eigenvalue weighted by Crippen LogP contribution is 2.32. The highest BCUT2D eigenvalue weighted by atomic mass is 35.5. The van der Waals surface area contributed by atoms with E-state index in [0.717, 1.165) is 22.4 Å². The molecular weight excluding hydrogens is 376 g/mol. The maximum Gasteiger partial charge on any atom is 0.226 e. The Hall–Kier alpha value is -2.92. The average molecular weight is 397 g/mol. The molecule has 0 aliphatic carbocycles. The van der Waals surface area contributed by atoms with Crippen molar-refractivity contribution >= 4 is 29.0 Å². The molecular formula is C22H21ClN2O3. The molecule has 6 heteroatoms. The number of hydrogen-bond acceptors (Lipinski definition) is 4. The Kier molecular flexibility index (Phi) is 5.95. The summed E-state index contributed by atoms with van der Waals surface area (Å²) in [6, 6.07) is 12.8. The van der Waals surface area contributed by atoms with Gasteiger partial charge >= 0.3 is 0 Å². The van der Waals surface area contributed by atoms with Crippen molar-refractivity contribution in [2.75, 3.05) is 11.9 Å². The summed E-state index contributed by atoms with van der Waals surface area (Å²) in [5, 5.41) is 4.25. The van der Waals surface area contributed by atoms with Crippen LogP contribution in [0.25, 0.3) is 11.1 Å². The minimum Gasteiger partial charge on any atom is -0.361 e. The highest BCUT2D eigenvalue weighted by Gasteiger charge is 2.14. The van der Waals surface area contributed by atoms with E-state index in [0.29, 0.717) is 22.8 Å². The third-order valence-corrected chi connectivity index (χ3v) is 5.05. The summed E-state index contributed by atoms with van der Waals surface area (Å²) in [5.41, 5.74) is 3.90. The molecule has 0 fully saturated rings. The topological polar surface area (TPSA) is 63.4 Å². The number of benzene rings is 2. The van der Waals surface area contributed by atoms with Crippen molar-refractivity contribution in [1.82, 2.24) is 5.16 Å². The van der Waals surface area contributed by atoms with Gasteiger partial charge in [0.2, 0.25) is 5.91 Å². The molecule has 3 aromatic rings. The molecule has 0 aliphatic heterocycles. The summed E-state index contributed by atoms with van der Waals surface area (Å²) < 4.78 is 5.00. The maximum absolute atomic E-state index is 12.5. The monoisotopic (exact) mass is 396 g/mol. The molecule has 144 valence electrons. The summed E-state index contributed by atoms with van der Waals surface area (Å²) in [5.74, 6) is 0.678. The summed E-state index contributed by atoms with van der Waals surface area (Å²) in [7, 11) is 1.73. The Morgan fingerprint density at radius 2 is 1.86 bits per heavy atom. The van der Waals surface area contributed by atoms with Gasteiger partial charge in [0, 0.05) is 42.3 Å². The number of aryl methyl sites for hydroxylation is 1. The number of Topliss-reactive ketones (excluding diaryl/α,β-unsaturated/α-hetero) is 1. The number of rotatable bonds is 6. The van der Waals surface area contributed by atoms with Gasteiger partial charge in [-0.15, -0.1) is 0 Å². The van der Waals surface area contributed by atoms with E-state index in [4.69, 9.17) is 16.1 Å². The number of carbonyl (C=O) groups is 2. The molecule has 0 atom stereocenters. The van der Waals surface area contributed by atoms with Crippen LogP contribution < -0.4 is 4.90 Å². The van der Waals surface area contributed by atoms with Gasteiger partial charge in [0.25, 0.3) is 0 Å². The first kappa shape index (κ1) is 19.8. The molecule has 0 aliphatic rings. The van der Waals surface area contributed by atoms with E-state index in [2.05, 4.69) is 5.16 Å². The predicted octanol–water partition coefficient (Wildman–Crippen LogP) is 5.10. The van der Waals surface area contributed by atoms with E-state index in [1.165, 1.54) is 0 Å². The molecule has 0 spiro atoms. The number of aromatic nitrogens is 1. The van der Waals surface area contributed by atoms with Crippen LogP contribution in [0.4, 0.5) is 5.69 Å². The molecule has 0 radical (unpaired) electrons. The summed E-state index contributed by atoms with van der Waals surface area (Å²) in [6.07, 6.45) is 2.25. The minimum absolute atomic E-state index is 0.000928.